The van der Waals surface area contributed by atoms with Crippen LogP contribution in [0.4, 0.5) is 0 Å². The fourth-order valence-electron chi connectivity index (χ4n) is 2.22. The van der Waals surface area contributed by atoms with Gasteiger partial charge in [-0.25, -0.2) is 4.98 Å². The van der Waals surface area contributed by atoms with Gasteiger partial charge in [0.1, 0.15) is 5.01 Å². The number of aryl methyl sites for hydroxylation is 2. The van der Waals surface area contributed by atoms with Crippen molar-refractivity contribution in [1.82, 2.24) is 4.98 Å². The lowest BCUT2D eigenvalue weighted by Gasteiger charge is -2.13. The lowest BCUT2D eigenvalue weighted by atomic mass is 9.94. The van der Waals surface area contributed by atoms with E-state index in [2.05, 4.69) is 39.1 Å². The first kappa shape index (κ1) is 13.2. The molecule has 0 bridgehead atoms. The van der Waals surface area contributed by atoms with E-state index < -0.39 is 0 Å². The molecule has 0 radical (unpaired) electrons. The summed E-state index contributed by atoms with van der Waals surface area (Å²) in [5.74, 6) is 0. The molecule has 3 heteroatoms. The highest BCUT2D eigenvalue weighted by Gasteiger charge is 2.13. The fraction of sp³-hybridized carbons (Fsp3) is 0.400. The molecule has 18 heavy (non-hydrogen) atoms. The fourth-order valence-corrected chi connectivity index (χ4v) is 3.23. The van der Waals surface area contributed by atoms with E-state index in [1.165, 1.54) is 27.8 Å². The summed E-state index contributed by atoms with van der Waals surface area (Å²) in [6.45, 7) is 9.36. The SMILES string of the molecule is Cc1cc(C)c(C)c(-c2nc(CCN)cs2)c1C. The van der Waals surface area contributed by atoms with E-state index in [4.69, 9.17) is 10.7 Å². The molecule has 0 saturated carbocycles. The minimum absolute atomic E-state index is 0.661. The van der Waals surface area contributed by atoms with Gasteiger partial charge in [-0.1, -0.05) is 6.07 Å². The molecule has 0 fully saturated rings. The van der Waals surface area contributed by atoms with Crippen molar-refractivity contribution >= 4 is 11.3 Å². The maximum absolute atomic E-state index is 5.58. The van der Waals surface area contributed by atoms with Gasteiger partial charge in [0.2, 0.25) is 0 Å². The Balaban J connectivity index is 2.55. The molecular formula is C15H20N2S. The highest BCUT2D eigenvalue weighted by molar-refractivity contribution is 7.13. The van der Waals surface area contributed by atoms with Crippen LogP contribution in [0.15, 0.2) is 11.4 Å². The van der Waals surface area contributed by atoms with E-state index in [0.717, 1.165) is 17.1 Å². The molecule has 0 spiro atoms. The summed E-state index contributed by atoms with van der Waals surface area (Å²) in [5, 5.41) is 3.25. The van der Waals surface area contributed by atoms with Crippen LogP contribution in [0.1, 0.15) is 27.9 Å². The van der Waals surface area contributed by atoms with Gasteiger partial charge in [-0.15, -0.1) is 11.3 Å². The summed E-state index contributed by atoms with van der Waals surface area (Å²) < 4.78 is 0. The van der Waals surface area contributed by atoms with Crippen LogP contribution in [0, 0.1) is 27.7 Å². The molecule has 1 aromatic carbocycles. The molecule has 0 aliphatic carbocycles. The molecule has 2 nitrogen and oxygen atoms in total. The summed E-state index contributed by atoms with van der Waals surface area (Å²) in [4.78, 5) is 4.71. The van der Waals surface area contributed by atoms with Crippen LogP contribution in [-0.2, 0) is 6.42 Å². The predicted molar refractivity (Wildman–Crippen MR) is 79.3 cm³/mol. The van der Waals surface area contributed by atoms with Crippen LogP contribution < -0.4 is 5.73 Å². The predicted octanol–water partition coefficient (Wildman–Crippen LogP) is 3.54. The molecule has 2 aromatic rings. The highest BCUT2D eigenvalue weighted by Crippen LogP contribution is 2.33. The Hall–Kier alpha value is -1.19. The number of benzene rings is 1. The van der Waals surface area contributed by atoms with Crippen molar-refractivity contribution in [2.75, 3.05) is 6.54 Å². The van der Waals surface area contributed by atoms with E-state index in [-0.39, 0.29) is 0 Å². The van der Waals surface area contributed by atoms with Gasteiger partial charge < -0.3 is 5.73 Å². The van der Waals surface area contributed by atoms with Gasteiger partial charge in [-0.2, -0.15) is 0 Å². The third-order valence-corrected chi connectivity index (χ3v) is 4.44. The summed E-state index contributed by atoms with van der Waals surface area (Å²) in [6.07, 6.45) is 0.861. The average molecular weight is 260 g/mol. The molecule has 0 atom stereocenters. The summed E-state index contributed by atoms with van der Waals surface area (Å²) in [6, 6.07) is 2.25. The van der Waals surface area contributed by atoms with E-state index in [0.29, 0.717) is 6.54 Å². The smallest absolute Gasteiger partial charge is 0.124 e. The Morgan fingerprint density at radius 2 is 1.72 bits per heavy atom. The Morgan fingerprint density at radius 3 is 2.28 bits per heavy atom. The van der Waals surface area contributed by atoms with Crippen molar-refractivity contribution in [3.63, 3.8) is 0 Å². The molecule has 0 aliphatic rings. The monoisotopic (exact) mass is 260 g/mol. The Labute approximate surface area is 113 Å². The topological polar surface area (TPSA) is 38.9 Å². The second kappa shape index (κ2) is 5.21. The van der Waals surface area contributed by atoms with Crippen LogP contribution in [0.2, 0.25) is 0 Å². The summed E-state index contributed by atoms with van der Waals surface area (Å²) in [7, 11) is 0. The van der Waals surface area contributed by atoms with Crippen LogP contribution in [-0.4, -0.2) is 11.5 Å². The second-order valence-corrected chi connectivity index (χ2v) is 5.68. The molecule has 0 saturated heterocycles. The van der Waals surface area contributed by atoms with E-state index in [9.17, 15) is 0 Å². The van der Waals surface area contributed by atoms with E-state index in [1.807, 2.05) is 0 Å². The standard InChI is InChI=1S/C15H20N2S/c1-9-7-10(2)12(4)14(11(9)3)15-17-13(5-6-16)8-18-15/h7-8H,5-6,16H2,1-4H3. The zero-order chi connectivity index (χ0) is 13.3. The summed E-state index contributed by atoms with van der Waals surface area (Å²) >= 11 is 1.72. The molecule has 0 unspecified atom stereocenters. The van der Waals surface area contributed by atoms with Crippen molar-refractivity contribution in [3.8, 4) is 10.6 Å². The quantitative estimate of drug-likeness (QED) is 0.916. The number of nitrogens with zero attached hydrogens (tertiary/aromatic N) is 1. The van der Waals surface area contributed by atoms with Crippen LogP contribution >= 0.6 is 11.3 Å². The number of rotatable bonds is 3. The molecule has 1 aromatic heterocycles. The first-order valence-corrected chi connectivity index (χ1v) is 7.14. The molecule has 0 aliphatic heterocycles. The lowest BCUT2D eigenvalue weighted by Crippen LogP contribution is -2.02. The van der Waals surface area contributed by atoms with Crippen molar-refractivity contribution < 1.29 is 0 Å². The van der Waals surface area contributed by atoms with Gasteiger partial charge in [0.15, 0.2) is 0 Å². The van der Waals surface area contributed by atoms with Crippen molar-refractivity contribution in [1.29, 1.82) is 0 Å². The largest absolute Gasteiger partial charge is 0.330 e. The van der Waals surface area contributed by atoms with Crippen molar-refractivity contribution in [2.24, 2.45) is 5.73 Å². The average Bonchev–Trinajstić information content (AvgIpc) is 2.76. The molecule has 2 N–H and O–H groups in total. The normalized spacial score (nSPS) is 10.9. The zero-order valence-corrected chi connectivity index (χ0v) is 12.3. The third kappa shape index (κ3) is 2.33. The van der Waals surface area contributed by atoms with E-state index in [1.54, 1.807) is 11.3 Å². The van der Waals surface area contributed by atoms with Gasteiger partial charge in [-0.3, -0.25) is 0 Å². The van der Waals surface area contributed by atoms with Gasteiger partial charge in [-0.05, 0) is 56.5 Å². The number of thiazole rings is 1. The van der Waals surface area contributed by atoms with Gasteiger partial charge in [0.25, 0.3) is 0 Å². The highest BCUT2D eigenvalue weighted by atomic mass is 32.1. The molecule has 96 valence electrons. The maximum atomic E-state index is 5.58. The summed E-state index contributed by atoms with van der Waals surface area (Å²) in [5.41, 5.74) is 13.3. The van der Waals surface area contributed by atoms with Gasteiger partial charge in [0, 0.05) is 17.4 Å². The van der Waals surface area contributed by atoms with Crippen molar-refractivity contribution in [2.45, 2.75) is 34.1 Å². The molecule has 1 heterocycles. The van der Waals surface area contributed by atoms with Gasteiger partial charge >= 0.3 is 0 Å². The van der Waals surface area contributed by atoms with E-state index >= 15 is 0 Å². The number of hydrogen-bond acceptors (Lipinski definition) is 3. The lowest BCUT2D eigenvalue weighted by molar-refractivity contribution is 0.936. The maximum Gasteiger partial charge on any atom is 0.124 e. The zero-order valence-electron chi connectivity index (χ0n) is 11.5. The van der Waals surface area contributed by atoms with Crippen LogP contribution in [0.3, 0.4) is 0 Å². The molecular weight excluding hydrogens is 240 g/mol. The Kier molecular flexibility index (Phi) is 3.83. The second-order valence-electron chi connectivity index (χ2n) is 4.82. The van der Waals surface area contributed by atoms with Crippen LogP contribution in [0.5, 0.6) is 0 Å². The number of hydrogen-bond donors (Lipinski definition) is 1. The van der Waals surface area contributed by atoms with Crippen LogP contribution in [0.25, 0.3) is 10.6 Å². The third-order valence-electron chi connectivity index (χ3n) is 3.53. The minimum atomic E-state index is 0.661. The van der Waals surface area contributed by atoms with Gasteiger partial charge in [0.05, 0.1) is 5.69 Å². The Morgan fingerprint density at radius 1 is 1.11 bits per heavy atom. The molecule has 2 rings (SSSR count). The number of aromatic nitrogens is 1. The molecule has 0 amide bonds. The Bertz CT molecular complexity index is 544. The number of nitrogens with two attached hydrogens (primary N) is 1. The first-order valence-electron chi connectivity index (χ1n) is 6.26. The minimum Gasteiger partial charge on any atom is -0.330 e. The van der Waals surface area contributed by atoms with Crippen molar-refractivity contribution in [3.05, 3.63) is 39.4 Å². The first-order chi connectivity index (χ1) is 8.54.